The lowest BCUT2D eigenvalue weighted by Gasteiger charge is -2.12. The summed E-state index contributed by atoms with van der Waals surface area (Å²) < 4.78 is 18.5. The van der Waals surface area contributed by atoms with E-state index in [2.05, 4.69) is 5.32 Å². The molecule has 0 saturated carbocycles. The van der Waals surface area contributed by atoms with Gasteiger partial charge in [0, 0.05) is 12.6 Å². The molecule has 2 N–H and O–H groups in total. The minimum Gasteiger partial charge on any atom is -0.508 e. The monoisotopic (exact) mass is 261 g/mol. The summed E-state index contributed by atoms with van der Waals surface area (Å²) in [6.07, 6.45) is 0. The minimum absolute atomic E-state index is 0.237. The predicted molar refractivity (Wildman–Crippen MR) is 73.0 cm³/mol. The van der Waals surface area contributed by atoms with Gasteiger partial charge in [-0.25, -0.2) is 4.39 Å². The molecule has 3 nitrogen and oxygen atoms in total. The van der Waals surface area contributed by atoms with Crippen LogP contribution in [0.1, 0.15) is 12.5 Å². The first-order valence-electron chi connectivity index (χ1n) is 6.13. The van der Waals surface area contributed by atoms with Crippen LogP contribution in [0.4, 0.5) is 10.1 Å². The van der Waals surface area contributed by atoms with E-state index in [9.17, 15) is 9.50 Å². The Bertz CT molecular complexity index is 540. The third-order valence-electron chi connectivity index (χ3n) is 2.66. The van der Waals surface area contributed by atoms with Crippen molar-refractivity contribution in [2.45, 2.75) is 13.5 Å². The predicted octanol–water partition coefficient (Wildman–Crippen LogP) is 3.54. The molecular weight excluding hydrogens is 245 g/mol. The maximum Gasteiger partial charge on any atom is 0.145 e. The van der Waals surface area contributed by atoms with Crippen molar-refractivity contribution in [3.63, 3.8) is 0 Å². The van der Waals surface area contributed by atoms with Gasteiger partial charge in [-0.15, -0.1) is 0 Å². The van der Waals surface area contributed by atoms with Crippen LogP contribution in [0.3, 0.4) is 0 Å². The van der Waals surface area contributed by atoms with Crippen molar-refractivity contribution in [1.82, 2.24) is 0 Å². The van der Waals surface area contributed by atoms with E-state index >= 15 is 0 Å². The SMILES string of the molecule is CCOc1cc(F)ccc1NCc1ccc(O)cc1. The number of hydrogen-bond acceptors (Lipinski definition) is 3. The van der Waals surface area contributed by atoms with Crippen LogP contribution in [-0.4, -0.2) is 11.7 Å². The molecule has 0 aromatic heterocycles. The molecule has 0 aliphatic heterocycles. The fourth-order valence-electron chi connectivity index (χ4n) is 1.73. The van der Waals surface area contributed by atoms with Crippen LogP contribution in [0, 0.1) is 5.82 Å². The molecule has 100 valence electrons. The van der Waals surface area contributed by atoms with Gasteiger partial charge in [0.25, 0.3) is 0 Å². The van der Waals surface area contributed by atoms with Crippen molar-refractivity contribution in [2.75, 3.05) is 11.9 Å². The van der Waals surface area contributed by atoms with Gasteiger partial charge in [-0.1, -0.05) is 12.1 Å². The first kappa shape index (κ1) is 13.2. The molecule has 4 heteroatoms. The summed E-state index contributed by atoms with van der Waals surface area (Å²) in [5, 5.41) is 12.4. The average Bonchev–Trinajstić information content (AvgIpc) is 2.40. The summed E-state index contributed by atoms with van der Waals surface area (Å²) in [7, 11) is 0. The molecule has 2 rings (SSSR count). The van der Waals surface area contributed by atoms with Gasteiger partial charge in [-0.05, 0) is 36.8 Å². The second-order valence-electron chi connectivity index (χ2n) is 4.09. The summed E-state index contributed by atoms with van der Waals surface area (Å²) in [4.78, 5) is 0. The topological polar surface area (TPSA) is 41.5 Å². The zero-order chi connectivity index (χ0) is 13.7. The van der Waals surface area contributed by atoms with E-state index in [1.807, 2.05) is 19.1 Å². The van der Waals surface area contributed by atoms with E-state index in [1.165, 1.54) is 12.1 Å². The lowest BCUT2D eigenvalue weighted by Crippen LogP contribution is -2.03. The largest absolute Gasteiger partial charge is 0.508 e. The molecule has 0 aliphatic rings. The molecule has 0 aliphatic carbocycles. The molecular formula is C15H16FNO2. The first-order valence-corrected chi connectivity index (χ1v) is 6.13. The number of phenolic OH excluding ortho intramolecular Hbond substituents is 1. The molecule has 0 amide bonds. The molecule has 2 aromatic carbocycles. The van der Waals surface area contributed by atoms with Gasteiger partial charge in [0.05, 0.1) is 12.3 Å². The fraction of sp³-hybridized carbons (Fsp3) is 0.200. The normalized spacial score (nSPS) is 10.2. The van der Waals surface area contributed by atoms with Crippen LogP contribution in [0.25, 0.3) is 0 Å². The van der Waals surface area contributed by atoms with Crippen molar-refractivity contribution in [3.05, 3.63) is 53.8 Å². The molecule has 0 heterocycles. The maximum absolute atomic E-state index is 13.1. The van der Waals surface area contributed by atoms with Crippen molar-refractivity contribution < 1.29 is 14.2 Å². The summed E-state index contributed by atoms with van der Waals surface area (Å²) >= 11 is 0. The van der Waals surface area contributed by atoms with Gasteiger partial charge in [0.2, 0.25) is 0 Å². The Morgan fingerprint density at radius 2 is 1.89 bits per heavy atom. The number of anilines is 1. The zero-order valence-electron chi connectivity index (χ0n) is 10.7. The number of rotatable bonds is 5. The quantitative estimate of drug-likeness (QED) is 0.865. The number of phenols is 1. The van der Waals surface area contributed by atoms with Crippen molar-refractivity contribution in [2.24, 2.45) is 0 Å². The fourth-order valence-corrected chi connectivity index (χ4v) is 1.73. The van der Waals surface area contributed by atoms with E-state index in [0.29, 0.717) is 18.9 Å². The highest BCUT2D eigenvalue weighted by Crippen LogP contribution is 2.26. The molecule has 0 spiro atoms. The van der Waals surface area contributed by atoms with Gasteiger partial charge in [-0.3, -0.25) is 0 Å². The lowest BCUT2D eigenvalue weighted by atomic mass is 10.2. The number of benzene rings is 2. The second-order valence-corrected chi connectivity index (χ2v) is 4.09. The summed E-state index contributed by atoms with van der Waals surface area (Å²) in [5.41, 5.74) is 1.76. The first-order chi connectivity index (χ1) is 9.19. The Morgan fingerprint density at radius 1 is 1.16 bits per heavy atom. The molecule has 19 heavy (non-hydrogen) atoms. The van der Waals surface area contributed by atoms with Crippen LogP contribution in [0.15, 0.2) is 42.5 Å². The van der Waals surface area contributed by atoms with E-state index in [-0.39, 0.29) is 11.6 Å². The number of hydrogen-bond donors (Lipinski definition) is 2. The molecule has 0 bridgehead atoms. The van der Waals surface area contributed by atoms with Crippen LogP contribution in [-0.2, 0) is 6.54 Å². The highest BCUT2D eigenvalue weighted by molar-refractivity contribution is 5.56. The molecule has 0 saturated heterocycles. The average molecular weight is 261 g/mol. The van der Waals surface area contributed by atoms with Crippen LogP contribution >= 0.6 is 0 Å². The highest BCUT2D eigenvalue weighted by Gasteiger charge is 2.05. The Hall–Kier alpha value is -2.23. The summed E-state index contributed by atoms with van der Waals surface area (Å²) in [5.74, 6) is 0.417. The van der Waals surface area contributed by atoms with Gasteiger partial charge in [0.1, 0.15) is 17.3 Å². The third-order valence-corrected chi connectivity index (χ3v) is 2.66. The minimum atomic E-state index is -0.321. The smallest absolute Gasteiger partial charge is 0.145 e. The van der Waals surface area contributed by atoms with Crippen LogP contribution in [0.2, 0.25) is 0 Å². The van der Waals surface area contributed by atoms with Crippen molar-refractivity contribution >= 4 is 5.69 Å². The van der Waals surface area contributed by atoms with Crippen molar-refractivity contribution in [1.29, 1.82) is 0 Å². The van der Waals surface area contributed by atoms with Crippen LogP contribution in [0.5, 0.6) is 11.5 Å². The standard InChI is InChI=1S/C15H16FNO2/c1-2-19-15-9-12(16)5-8-14(15)17-10-11-3-6-13(18)7-4-11/h3-9,17-18H,2,10H2,1H3. The van der Waals surface area contributed by atoms with E-state index < -0.39 is 0 Å². The Morgan fingerprint density at radius 3 is 2.58 bits per heavy atom. The number of ether oxygens (including phenoxy) is 1. The molecule has 0 unspecified atom stereocenters. The van der Waals surface area contributed by atoms with Gasteiger partial charge in [0.15, 0.2) is 0 Å². The van der Waals surface area contributed by atoms with Crippen LogP contribution < -0.4 is 10.1 Å². The number of nitrogens with one attached hydrogen (secondary N) is 1. The van der Waals surface area contributed by atoms with E-state index in [1.54, 1.807) is 18.2 Å². The molecule has 0 fully saturated rings. The van der Waals surface area contributed by atoms with Gasteiger partial charge >= 0.3 is 0 Å². The molecule has 0 atom stereocenters. The Labute approximate surface area is 111 Å². The summed E-state index contributed by atoms with van der Waals surface area (Å²) in [6, 6.07) is 11.3. The second kappa shape index (κ2) is 6.09. The van der Waals surface area contributed by atoms with Gasteiger partial charge < -0.3 is 15.2 Å². The number of halogens is 1. The van der Waals surface area contributed by atoms with Crippen molar-refractivity contribution in [3.8, 4) is 11.5 Å². The Balaban J connectivity index is 2.08. The Kier molecular flexibility index (Phi) is 4.23. The maximum atomic E-state index is 13.1. The third kappa shape index (κ3) is 3.61. The highest BCUT2D eigenvalue weighted by atomic mass is 19.1. The molecule has 2 aromatic rings. The molecule has 0 radical (unpaired) electrons. The zero-order valence-corrected chi connectivity index (χ0v) is 10.7. The van der Waals surface area contributed by atoms with E-state index in [0.717, 1.165) is 11.3 Å². The number of aromatic hydroxyl groups is 1. The summed E-state index contributed by atoms with van der Waals surface area (Å²) in [6.45, 7) is 2.91. The lowest BCUT2D eigenvalue weighted by molar-refractivity contribution is 0.340. The van der Waals surface area contributed by atoms with Gasteiger partial charge in [-0.2, -0.15) is 0 Å². The van der Waals surface area contributed by atoms with E-state index in [4.69, 9.17) is 4.74 Å².